The normalized spacial score (nSPS) is 10.6. The summed E-state index contributed by atoms with van der Waals surface area (Å²) >= 11 is 0. The van der Waals surface area contributed by atoms with Crippen LogP contribution in [0.15, 0.2) is 42.6 Å². The standard InChI is InChI=1S/C14H12N4O/c1-9-8-12(18-14(15)17-9)19-11-6-2-4-10-5-3-7-16-13(10)11/h2-8H,1H3,(H2,15,17,18). The Morgan fingerprint density at radius 3 is 2.79 bits per heavy atom. The fourth-order valence-corrected chi connectivity index (χ4v) is 1.89. The number of anilines is 1. The Morgan fingerprint density at radius 1 is 1.11 bits per heavy atom. The van der Waals surface area contributed by atoms with Crippen LogP contribution in [-0.2, 0) is 0 Å². The number of ether oxygens (including phenoxy) is 1. The summed E-state index contributed by atoms with van der Waals surface area (Å²) in [5, 5.41) is 1.01. The van der Waals surface area contributed by atoms with Crippen LogP contribution in [0.5, 0.6) is 11.6 Å². The molecule has 0 spiro atoms. The molecule has 2 heterocycles. The molecule has 0 bridgehead atoms. The predicted molar refractivity (Wildman–Crippen MR) is 73.0 cm³/mol. The van der Waals surface area contributed by atoms with Crippen molar-refractivity contribution in [1.29, 1.82) is 0 Å². The second-order valence-electron chi connectivity index (χ2n) is 4.14. The molecule has 0 saturated carbocycles. The molecule has 3 aromatic rings. The number of para-hydroxylation sites is 1. The van der Waals surface area contributed by atoms with Gasteiger partial charge in [0.25, 0.3) is 0 Å². The van der Waals surface area contributed by atoms with Crippen molar-refractivity contribution in [2.24, 2.45) is 0 Å². The van der Waals surface area contributed by atoms with Gasteiger partial charge in [0.05, 0.1) is 0 Å². The minimum Gasteiger partial charge on any atom is -0.437 e. The Morgan fingerprint density at radius 2 is 1.95 bits per heavy atom. The lowest BCUT2D eigenvalue weighted by atomic mass is 10.2. The van der Waals surface area contributed by atoms with E-state index in [1.807, 2.05) is 37.3 Å². The lowest BCUT2D eigenvalue weighted by Crippen LogP contribution is -1.99. The van der Waals surface area contributed by atoms with Crippen molar-refractivity contribution in [3.63, 3.8) is 0 Å². The van der Waals surface area contributed by atoms with E-state index >= 15 is 0 Å². The van der Waals surface area contributed by atoms with E-state index < -0.39 is 0 Å². The van der Waals surface area contributed by atoms with Crippen LogP contribution < -0.4 is 10.5 Å². The maximum atomic E-state index is 5.76. The second kappa shape index (κ2) is 4.53. The van der Waals surface area contributed by atoms with Gasteiger partial charge in [0, 0.05) is 23.3 Å². The van der Waals surface area contributed by atoms with E-state index in [4.69, 9.17) is 10.5 Å². The van der Waals surface area contributed by atoms with Crippen molar-refractivity contribution < 1.29 is 4.74 Å². The Labute approximate surface area is 110 Å². The summed E-state index contributed by atoms with van der Waals surface area (Å²) in [4.78, 5) is 12.4. The van der Waals surface area contributed by atoms with E-state index in [0.717, 1.165) is 16.6 Å². The molecular formula is C14H12N4O. The first kappa shape index (κ1) is 11.4. The topological polar surface area (TPSA) is 73.9 Å². The number of benzene rings is 1. The van der Waals surface area contributed by atoms with Crippen molar-refractivity contribution in [3.8, 4) is 11.6 Å². The summed E-state index contributed by atoms with van der Waals surface area (Å²) in [7, 11) is 0. The molecule has 3 rings (SSSR count). The Kier molecular flexibility index (Phi) is 2.72. The first-order chi connectivity index (χ1) is 9.22. The van der Waals surface area contributed by atoms with E-state index in [0.29, 0.717) is 11.6 Å². The largest absolute Gasteiger partial charge is 0.437 e. The van der Waals surface area contributed by atoms with Gasteiger partial charge in [-0.2, -0.15) is 4.98 Å². The van der Waals surface area contributed by atoms with Crippen molar-refractivity contribution >= 4 is 16.9 Å². The van der Waals surface area contributed by atoms with Crippen LogP contribution >= 0.6 is 0 Å². The summed E-state index contributed by atoms with van der Waals surface area (Å²) < 4.78 is 5.76. The lowest BCUT2D eigenvalue weighted by Gasteiger charge is -2.08. The monoisotopic (exact) mass is 252 g/mol. The zero-order valence-corrected chi connectivity index (χ0v) is 10.4. The van der Waals surface area contributed by atoms with Gasteiger partial charge in [-0.1, -0.05) is 18.2 Å². The van der Waals surface area contributed by atoms with Gasteiger partial charge in [-0.25, -0.2) is 4.98 Å². The first-order valence-electron chi connectivity index (χ1n) is 5.85. The van der Waals surface area contributed by atoms with Crippen molar-refractivity contribution in [3.05, 3.63) is 48.3 Å². The van der Waals surface area contributed by atoms with E-state index in [1.165, 1.54) is 0 Å². The number of nitrogen functional groups attached to an aromatic ring is 1. The van der Waals surface area contributed by atoms with Crippen molar-refractivity contribution in [2.75, 3.05) is 5.73 Å². The molecule has 5 heteroatoms. The lowest BCUT2D eigenvalue weighted by molar-refractivity contribution is 0.466. The number of nitrogens with two attached hydrogens (primary N) is 1. The number of aromatic nitrogens is 3. The summed E-state index contributed by atoms with van der Waals surface area (Å²) in [5.41, 5.74) is 7.16. The van der Waals surface area contributed by atoms with Gasteiger partial charge in [0.15, 0.2) is 5.75 Å². The Hall–Kier alpha value is -2.69. The van der Waals surface area contributed by atoms with Crippen LogP contribution in [0.1, 0.15) is 5.69 Å². The number of rotatable bonds is 2. The molecule has 94 valence electrons. The molecule has 1 aromatic carbocycles. The highest BCUT2D eigenvalue weighted by Crippen LogP contribution is 2.27. The molecule has 0 aliphatic carbocycles. The van der Waals surface area contributed by atoms with Crippen LogP contribution in [0, 0.1) is 6.92 Å². The number of aryl methyl sites for hydroxylation is 1. The Balaban J connectivity index is 2.05. The molecular weight excluding hydrogens is 240 g/mol. The average molecular weight is 252 g/mol. The number of nitrogens with zero attached hydrogens (tertiary/aromatic N) is 3. The predicted octanol–water partition coefficient (Wildman–Crippen LogP) is 2.71. The van der Waals surface area contributed by atoms with Crippen LogP contribution in [0.2, 0.25) is 0 Å². The van der Waals surface area contributed by atoms with Crippen LogP contribution in [0.3, 0.4) is 0 Å². The third-order valence-corrected chi connectivity index (χ3v) is 2.66. The summed E-state index contributed by atoms with van der Waals surface area (Å²) in [5.74, 6) is 1.27. The van der Waals surface area contributed by atoms with E-state index in [9.17, 15) is 0 Å². The molecule has 0 saturated heterocycles. The Bertz CT molecular complexity index is 717. The fourth-order valence-electron chi connectivity index (χ4n) is 1.89. The summed E-state index contributed by atoms with van der Waals surface area (Å²) in [6, 6.07) is 11.3. The van der Waals surface area contributed by atoms with Gasteiger partial charge in [-0.05, 0) is 19.1 Å². The zero-order valence-electron chi connectivity index (χ0n) is 10.4. The molecule has 0 unspecified atom stereocenters. The molecule has 2 N–H and O–H groups in total. The zero-order chi connectivity index (χ0) is 13.2. The van der Waals surface area contributed by atoms with Crippen LogP contribution in [-0.4, -0.2) is 15.0 Å². The molecule has 0 amide bonds. The number of hydrogen-bond acceptors (Lipinski definition) is 5. The SMILES string of the molecule is Cc1cc(Oc2cccc3cccnc23)nc(N)n1. The number of fused-ring (bicyclic) bond motifs is 1. The summed E-state index contributed by atoms with van der Waals surface area (Å²) in [6.07, 6.45) is 1.73. The van der Waals surface area contributed by atoms with Gasteiger partial charge < -0.3 is 10.5 Å². The number of pyridine rings is 1. The van der Waals surface area contributed by atoms with Gasteiger partial charge >= 0.3 is 0 Å². The van der Waals surface area contributed by atoms with Gasteiger partial charge in [0.2, 0.25) is 11.8 Å². The molecule has 2 aromatic heterocycles. The molecule has 5 nitrogen and oxygen atoms in total. The van der Waals surface area contributed by atoms with Crippen LogP contribution in [0.25, 0.3) is 10.9 Å². The van der Waals surface area contributed by atoms with Crippen LogP contribution in [0.4, 0.5) is 5.95 Å². The second-order valence-corrected chi connectivity index (χ2v) is 4.14. The maximum absolute atomic E-state index is 5.76. The molecule has 0 aliphatic heterocycles. The third kappa shape index (κ3) is 2.30. The number of hydrogen-bond donors (Lipinski definition) is 1. The highest BCUT2D eigenvalue weighted by Gasteiger charge is 2.06. The smallest absolute Gasteiger partial charge is 0.224 e. The summed E-state index contributed by atoms with van der Waals surface area (Å²) in [6.45, 7) is 1.84. The molecule has 0 atom stereocenters. The van der Waals surface area contributed by atoms with Gasteiger partial charge in [-0.15, -0.1) is 0 Å². The van der Waals surface area contributed by atoms with E-state index in [-0.39, 0.29) is 5.95 Å². The minimum atomic E-state index is 0.197. The van der Waals surface area contributed by atoms with E-state index in [1.54, 1.807) is 12.3 Å². The van der Waals surface area contributed by atoms with Crippen molar-refractivity contribution in [2.45, 2.75) is 6.92 Å². The maximum Gasteiger partial charge on any atom is 0.224 e. The average Bonchev–Trinajstić information content (AvgIpc) is 2.38. The van der Waals surface area contributed by atoms with Gasteiger partial charge in [-0.3, -0.25) is 4.98 Å². The molecule has 0 radical (unpaired) electrons. The molecule has 0 fully saturated rings. The highest BCUT2D eigenvalue weighted by atomic mass is 16.5. The minimum absolute atomic E-state index is 0.197. The molecule has 19 heavy (non-hydrogen) atoms. The fraction of sp³-hybridized carbons (Fsp3) is 0.0714. The molecule has 0 aliphatic rings. The third-order valence-electron chi connectivity index (χ3n) is 2.66. The van der Waals surface area contributed by atoms with Gasteiger partial charge in [0.1, 0.15) is 5.52 Å². The first-order valence-corrected chi connectivity index (χ1v) is 5.85. The van der Waals surface area contributed by atoms with E-state index in [2.05, 4.69) is 15.0 Å². The quantitative estimate of drug-likeness (QED) is 0.759. The van der Waals surface area contributed by atoms with Crippen molar-refractivity contribution in [1.82, 2.24) is 15.0 Å². The highest BCUT2D eigenvalue weighted by molar-refractivity contribution is 5.84.